The van der Waals surface area contributed by atoms with E-state index >= 15 is 0 Å². The molecule has 1 fully saturated rings. The molecule has 0 aliphatic carbocycles. The van der Waals surface area contributed by atoms with Gasteiger partial charge in [0.2, 0.25) is 6.29 Å². The maximum absolute atomic E-state index is 9.68. The minimum atomic E-state index is -1.41. The highest BCUT2D eigenvalue weighted by Crippen LogP contribution is 2.26. The lowest BCUT2D eigenvalue weighted by Crippen LogP contribution is -2.60. The molecule has 1 saturated heterocycles. The van der Waals surface area contributed by atoms with Crippen molar-refractivity contribution in [2.24, 2.45) is 0 Å². The molecule has 0 bridgehead atoms. The van der Waals surface area contributed by atoms with E-state index in [0.717, 1.165) is 0 Å². The second kappa shape index (κ2) is 5.30. The first-order valence-electron chi connectivity index (χ1n) is 5.14. The lowest BCUT2D eigenvalue weighted by atomic mass is 9.99. The van der Waals surface area contributed by atoms with Crippen LogP contribution in [0.5, 0.6) is 5.06 Å². The van der Waals surface area contributed by atoms with E-state index in [9.17, 15) is 15.3 Å². The van der Waals surface area contributed by atoms with E-state index in [1.54, 1.807) is 17.5 Å². The summed E-state index contributed by atoms with van der Waals surface area (Å²) in [5.41, 5.74) is 0. The topological polar surface area (TPSA) is 99.4 Å². The highest BCUT2D eigenvalue weighted by atomic mass is 32.1. The summed E-state index contributed by atoms with van der Waals surface area (Å²) in [7, 11) is 0. The Hall–Kier alpha value is -0.700. The number of hydrogen-bond donors (Lipinski definition) is 4. The predicted octanol–water partition coefficient (Wildman–Crippen LogP) is -1.07. The fourth-order valence-electron chi connectivity index (χ4n) is 1.61. The Kier molecular flexibility index (Phi) is 3.97. The Balaban J connectivity index is 2.06. The molecule has 5 atom stereocenters. The molecule has 0 radical (unpaired) electrons. The minimum absolute atomic E-state index is 0.463. The maximum Gasteiger partial charge on any atom is 0.230 e. The summed E-state index contributed by atoms with van der Waals surface area (Å²) in [6.07, 6.45) is -6.19. The van der Waals surface area contributed by atoms with Crippen molar-refractivity contribution in [2.45, 2.75) is 30.7 Å². The molecule has 96 valence electrons. The van der Waals surface area contributed by atoms with Crippen LogP contribution < -0.4 is 4.74 Å². The van der Waals surface area contributed by atoms with Gasteiger partial charge in [-0.15, -0.1) is 11.3 Å². The summed E-state index contributed by atoms with van der Waals surface area (Å²) in [5.74, 6) is 0. The second-order valence-electron chi connectivity index (χ2n) is 3.75. The molecule has 7 heteroatoms. The van der Waals surface area contributed by atoms with Gasteiger partial charge in [-0.1, -0.05) is 0 Å². The van der Waals surface area contributed by atoms with Crippen molar-refractivity contribution in [2.75, 3.05) is 6.61 Å². The molecule has 4 N–H and O–H groups in total. The van der Waals surface area contributed by atoms with Crippen molar-refractivity contribution in [3.05, 3.63) is 17.5 Å². The number of aliphatic hydroxyl groups excluding tert-OH is 4. The third-order valence-corrected chi connectivity index (χ3v) is 3.33. The van der Waals surface area contributed by atoms with Gasteiger partial charge in [0.1, 0.15) is 24.4 Å². The van der Waals surface area contributed by atoms with Gasteiger partial charge in [0, 0.05) is 0 Å². The van der Waals surface area contributed by atoms with Crippen LogP contribution in [0.15, 0.2) is 17.5 Å². The largest absolute Gasteiger partial charge is 0.452 e. The summed E-state index contributed by atoms with van der Waals surface area (Å²) in [4.78, 5) is 0. The molecule has 2 rings (SSSR count). The lowest BCUT2D eigenvalue weighted by Gasteiger charge is -2.39. The lowest BCUT2D eigenvalue weighted by molar-refractivity contribution is -0.276. The number of ether oxygens (including phenoxy) is 2. The number of aliphatic hydroxyl groups is 4. The van der Waals surface area contributed by atoms with Gasteiger partial charge in [0.05, 0.1) is 6.61 Å². The van der Waals surface area contributed by atoms with Gasteiger partial charge in [-0.3, -0.25) is 0 Å². The fraction of sp³-hybridized carbons (Fsp3) is 0.600. The molecule has 0 aromatic carbocycles. The SMILES string of the molecule is OC[C@H]1OC(Oc2cccs2)[C@H](O)[C@@H](O)[C@@H]1O. The van der Waals surface area contributed by atoms with Crippen molar-refractivity contribution in [1.82, 2.24) is 0 Å². The molecule has 1 aliphatic heterocycles. The zero-order chi connectivity index (χ0) is 12.4. The average molecular weight is 262 g/mol. The summed E-state index contributed by atoms with van der Waals surface area (Å²) in [6, 6.07) is 3.45. The van der Waals surface area contributed by atoms with Crippen molar-refractivity contribution in [3.63, 3.8) is 0 Å². The second-order valence-corrected chi connectivity index (χ2v) is 4.66. The standard InChI is InChI=1S/C10H14O6S/c11-4-5-7(12)8(13)9(14)10(15-5)16-6-2-1-3-17-6/h1-3,5,7-14H,4H2/t5-,7-,8+,9-,10?/m1/s1. The van der Waals surface area contributed by atoms with Crippen LogP contribution >= 0.6 is 11.3 Å². The molecular formula is C10H14O6S. The van der Waals surface area contributed by atoms with Crippen LogP contribution in [0.4, 0.5) is 0 Å². The van der Waals surface area contributed by atoms with Crippen LogP contribution in [-0.4, -0.2) is 57.7 Å². The quantitative estimate of drug-likeness (QED) is 0.553. The van der Waals surface area contributed by atoms with E-state index in [1.807, 2.05) is 0 Å². The average Bonchev–Trinajstić information content (AvgIpc) is 2.83. The van der Waals surface area contributed by atoms with Gasteiger partial charge in [0.25, 0.3) is 0 Å². The Labute approximate surface area is 102 Å². The van der Waals surface area contributed by atoms with Gasteiger partial charge in [-0.05, 0) is 17.5 Å². The van der Waals surface area contributed by atoms with Crippen LogP contribution in [0.3, 0.4) is 0 Å². The monoisotopic (exact) mass is 262 g/mol. The number of thiophene rings is 1. The first-order chi connectivity index (χ1) is 8.13. The molecule has 1 aromatic heterocycles. The molecule has 17 heavy (non-hydrogen) atoms. The zero-order valence-electron chi connectivity index (χ0n) is 8.84. The summed E-state index contributed by atoms with van der Waals surface area (Å²) < 4.78 is 10.5. The van der Waals surface area contributed by atoms with Crippen LogP contribution in [0.2, 0.25) is 0 Å². The molecule has 6 nitrogen and oxygen atoms in total. The Morgan fingerprint density at radius 1 is 1.24 bits per heavy atom. The normalized spacial score (nSPS) is 38.0. The third kappa shape index (κ3) is 2.59. The van der Waals surface area contributed by atoms with Crippen molar-refractivity contribution < 1.29 is 29.9 Å². The van der Waals surface area contributed by atoms with Crippen LogP contribution in [0, 0.1) is 0 Å². The Morgan fingerprint density at radius 2 is 2.00 bits per heavy atom. The number of hydrogen-bond acceptors (Lipinski definition) is 7. The smallest absolute Gasteiger partial charge is 0.230 e. The Bertz CT molecular complexity index is 341. The van der Waals surface area contributed by atoms with Gasteiger partial charge in [-0.2, -0.15) is 0 Å². The highest BCUT2D eigenvalue weighted by molar-refractivity contribution is 7.11. The summed E-state index contributed by atoms with van der Waals surface area (Å²) in [6.45, 7) is -0.463. The molecule has 1 aromatic rings. The van der Waals surface area contributed by atoms with E-state index < -0.39 is 37.3 Å². The summed E-state index contributed by atoms with van der Waals surface area (Å²) in [5, 5.41) is 40.1. The molecule has 1 unspecified atom stereocenters. The van der Waals surface area contributed by atoms with Crippen molar-refractivity contribution >= 4 is 11.3 Å². The Morgan fingerprint density at radius 3 is 2.59 bits per heavy atom. The fourth-order valence-corrected chi connectivity index (χ4v) is 2.21. The predicted molar refractivity (Wildman–Crippen MR) is 58.7 cm³/mol. The third-order valence-electron chi connectivity index (χ3n) is 2.58. The van der Waals surface area contributed by atoms with Gasteiger partial charge in [-0.25, -0.2) is 0 Å². The van der Waals surface area contributed by atoms with Crippen LogP contribution in [-0.2, 0) is 4.74 Å². The number of rotatable bonds is 3. The van der Waals surface area contributed by atoms with E-state index in [-0.39, 0.29) is 0 Å². The summed E-state index contributed by atoms with van der Waals surface area (Å²) >= 11 is 1.31. The van der Waals surface area contributed by atoms with E-state index in [1.165, 1.54) is 11.3 Å². The van der Waals surface area contributed by atoms with Gasteiger partial charge >= 0.3 is 0 Å². The first kappa shape index (κ1) is 12.7. The minimum Gasteiger partial charge on any atom is -0.452 e. The van der Waals surface area contributed by atoms with Crippen LogP contribution in [0.25, 0.3) is 0 Å². The highest BCUT2D eigenvalue weighted by Gasteiger charge is 2.44. The molecule has 0 amide bonds. The zero-order valence-corrected chi connectivity index (χ0v) is 9.66. The van der Waals surface area contributed by atoms with Crippen molar-refractivity contribution in [3.8, 4) is 5.06 Å². The van der Waals surface area contributed by atoms with E-state index in [2.05, 4.69) is 0 Å². The molecule has 0 spiro atoms. The molecule has 0 saturated carbocycles. The van der Waals surface area contributed by atoms with Gasteiger partial charge < -0.3 is 29.9 Å². The van der Waals surface area contributed by atoms with Crippen molar-refractivity contribution in [1.29, 1.82) is 0 Å². The molecular weight excluding hydrogens is 248 g/mol. The van der Waals surface area contributed by atoms with Gasteiger partial charge in [0.15, 0.2) is 5.06 Å². The van der Waals surface area contributed by atoms with Crippen LogP contribution in [0.1, 0.15) is 0 Å². The molecule has 2 heterocycles. The van der Waals surface area contributed by atoms with E-state index in [4.69, 9.17) is 14.6 Å². The van der Waals surface area contributed by atoms with E-state index in [0.29, 0.717) is 5.06 Å². The first-order valence-corrected chi connectivity index (χ1v) is 6.02. The maximum atomic E-state index is 9.68. The molecule has 1 aliphatic rings.